The third-order valence-corrected chi connectivity index (χ3v) is 3.51. The van der Waals surface area contributed by atoms with Crippen LogP contribution in [0.15, 0.2) is 42.5 Å². The first-order valence-electron chi connectivity index (χ1n) is 6.14. The van der Waals surface area contributed by atoms with E-state index in [2.05, 4.69) is 35.0 Å². The maximum absolute atomic E-state index is 5.87. The molecule has 0 fully saturated rings. The minimum absolute atomic E-state index is 0.596. The molecule has 0 atom stereocenters. The summed E-state index contributed by atoms with van der Waals surface area (Å²) in [7, 11) is 1.69. The summed E-state index contributed by atoms with van der Waals surface area (Å²) in [5, 5.41) is 0.864. The normalized spacial score (nSPS) is 10.5. The Hall–Kier alpha value is -1.32. The molecule has 0 aliphatic carbocycles. The number of methoxy groups -OCH3 is 1. The molecule has 100 valence electrons. The van der Waals surface area contributed by atoms with Crippen molar-refractivity contribution in [3.63, 3.8) is 0 Å². The molecule has 0 aliphatic heterocycles. The Balaban J connectivity index is 2.16. The second kappa shape index (κ2) is 6.73. The number of alkyl halides is 1. The van der Waals surface area contributed by atoms with Crippen molar-refractivity contribution in [2.24, 2.45) is 0 Å². The first kappa shape index (κ1) is 14.1. The van der Waals surface area contributed by atoms with Crippen molar-refractivity contribution >= 4 is 15.9 Å². The molecule has 2 rings (SSSR count). The standard InChI is InChI=1S/C16H17BrO2/c1-12-8-16(7-6-14(12)10-17)19-15-5-3-4-13(9-15)11-18-2/h3-9H,10-11H2,1-2H3. The topological polar surface area (TPSA) is 18.5 Å². The van der Waals surface area contributed by atoms with Crippen molar-refractivity contribution in [3.8, 4) is 11.5 Å². The van der Waals surface area contributed by atoms with Gasteiger partial charge in [-0.15, -0.1) is 0 Å². The first-order chi connectivity index (χ1) is 9.22. The van der Waals surface area contributed by atoms with Gasteiger partial charge >= 0.3 is 0 Å². The maximum atomic E-state index is 5.87. The van der Waals surface area contributed by atoms with Crippen LogP contribution in [0.3, 0.4) is 0 Å². The number of aryl methyl sites for hydroxylation is 1. The van der Waals surface area contributed by atoms with Crippen LogP contribution in [-0.2, 0) is 16.7 Å². The zero-order valence-electron chi connectivity index (χ0n) is 11.2. The number of halogens is 1. The lowest BCUT2D eigenvalue weighted by molar-refractivity contribution is 0.184. The van der Waals surface area contributed by atoms with Crippen LogP contribution in [0.5, 0.6) is 11.5 Å². The van der Waals surface area contributed by atoms with Gasteiger partial charge < -0.3 is 9.47 Å². The molecule has 3 heteroatoms. The molecule has 2 aromatic carbocycles. The highest BCUT2D eigenvalue weighted by atomic mass is 79.9. The molecule has 0 aliphatic rings. The molecular formula is C16H17BrO2. The molecule has 0 amide bonds. The lowest BCUT2D eigenvalue weighted by Crippen LogP contribution is -1.91. The van der Waals surface area contributed by atoms with E-state index >= 15 is 0 Å². The van der Waals surface area contributed by atoms with Gasteiger partial charge in [0.15, 0.2) is 0 Å². The summed E-state index contributed by atoms with van der Waals surface area (Å²) < 4.78 is 11.0. The van der Waals surface area contributed by atoms with Crippen molar-refractivity contribution in [3.05, 3.63) is 59.2 Å². The molecule has 0 spiro atoms. The Morgan fingerprint density at radius 3 is 2.53 bits per heavy atom. The van der Waals surface area contributed by atoms with Crippen molar-refractivity contribution in [2.75, 3.05) is 7.11 Å². The maximum Gasteiger partial charge on any atom is 0.127 e. The summed E-state index contributed by atoms with van der Waals surface area (Å²) in [6.07, 6.45) is 0. The van der Waals surface area contributed by atoms with Crippen LogP contribution < -0.4 is 4.74 Å². The number of rotatable bonds is 5. The van der Waals surface area contributed by atoms with Crippen LogP contribution in [0.25, 0.3) is 0 Å². The second-order valence-corrected chi connectivity index (χ2v) is 4.97. The van der Waals surface area contributed by atoms with Gasteiger partial charge in [0.2, 0.25) is 0 Å². The number of hydrogen-bond donors (Lipinski definition) is 0. The molecule has 19 heavy (non-hydrogen) atoms. The summed E-state index contributed by atoms with van der Waals surface area (Å²) in [4.78, 5) is 0. The molecule has 2 aromatic rings. The minimum Gasteiger partial charge on any atom is -0.457 e. The average molecular weight is 321 g/mol. The van der Waals surface area contributed by atoms with E-state index in [0.717, 1.165) is 22.4 Å². The number of ether oxygens (including phenoxy) is 2. The fourth-order valence-electron chi connectivity index (χ4n) is 1.88. The predicted octanol–water partition coefficient (Wildman–Crippen LogP) is 4.83. The van der Waals surface area contributed by atoms with E-state index in [1.54, 1.807) is 7.11 Å². The molecular weight excluding hydrogens is 304 g/mol. The fourth-order valence-corrected chi connectivity index (χ4v) is 2.51. The summed E-state index contributed by atoms with van der Waals surface area (Å²) >= 11 is 3.47. The van der Waals surface area contributed by atoms with Crippen LogP contribution in [0.1, 0.15) is 16.7 Å². The Bertz CT molecular complexity index is 552. The smallest absolute Gasteiger partial charge is 0.127 e. The monoisotopic (exact) mass is 320 g/mol. The molecule has 0 radical (unpaired) electrons. The quantitative estimate of drug-likeness (QED) is 0.735. The highest BCUT2D eigenvalue weighted by Gasteiger charge is 2.02. The predicted molar refractivity (Wildman–Crippen MR) is 81.0 cm³/mol. The van der Waals surface area contributed by atoms with Crippen molar-refractivity contribution in [1.29, 1.82) is 0 Å². The van der Waals surface area contributed by atoms with E-state index in [1.807, 2.05) is 30.3 Å². The van der Waals surface area contributed by atoms with Gasteiger partial charge in [-0.25, -0.2) is 0 Å². The van der Waals surface area contributed by atoms with Gasteiger partial charge in [-0.1, -0.05) is 34.1 Å². The Kier molecular flexibility index (Phi) is 5.00. The first-order valence-corrected chi connectivity index (χ1v) is 7.26. The highest BCUT2D eigenvalue weighted by Crippen LogP contribution is 2.25. The average Bonchev–Trinajstić information content (AvgIpc) is 2.40. The molecule has 0 N–H and O–H groups in total. The molecule has 0 saturated heterocycles. The van der Waals surface area contributed by atoms with Gasteiger partial charge in [-0.3, -0.25) is 0 Å². The molecule has 0 unspecified atom stereocenters. The van der Waals surface area contributed by atoms with E-state index in [9.17, 15) is 0 Å². The second-order valence-electron chi connectivity index (χ2n) is 4.40. The van der Waals surface area contributed by atoms with Gasteiger partial charge in [0.25, 0.3) is 0 Å². The van der Waals surface area contributed by atoms with Gasteiger partial charge in [0.05, 0.1) is 6.61 Å². The Labute approximate surface area is 122 Å². The lowest BCUT2D eigenvalue weighted by atomic mass is 10.1. The van der Waals surface area contributed by atoms with Crippen LogP contribution in [0, 0.1) is 6.92 Å². The fraction of sp³-hybridized carbons (Fsp3) is 0.250. The number of benzene rings is 2. The van der Waals surface area contributed by atoms with Crippen LogP contribution in [0.2, 0.25) is 0 Å². The third kappa shape index (κ3) is 3.82. The van der Waals surface area contributed by atoms with Gasteiger partial charge in [0, 0.05) is 12.4 Å². The summed E-state index contributed by atoms with van der Waals surface area (Å²) in [6.45, 7) is 2.68. The summed E-state index contributed by atoms with van der Waals surface area (Å²) in [5.41, 5.74) is 3.61. The minimum atomic E-state index is 0.596. The van der Waals surface area contributed by atoms with Gasteiger partial charge in [-0.2, -0.15) is 0 Å². The van der Waals surface area contributed by atoms with Crippen molar-refractivity contribution < 1.29 is 9.47 Å². The lowest BCUT2D eigenvalue weighted by Gasteiger charge is -2.09. The Morgan fingerprint density at radius 1 is 1.05 bits per heavy atom. The van der Waals surface area contributed by atoms with E-state index in [-0.39, 0.29) is 0 Å². The van der Waals surface area contributed by atoms with E-state index < -0.39 is 0 Å². The van der Waals surface area contributed by atoms with Crippen LogP contribution >= 0.6 is 15.9 Å². The molecule has 0 aromatic heterocycles. The van der Waals surface area contributed by atoms with E-state index in [4.69, 9.17) is 9.47 Å². The Morgan fingerprint density at radius 2 is 1.84 bits per heavy atom. The van der Waals surface area contributed by atoms with E-state index in [1.165, 1.54) is 11.1 Å². The van der Waals surface area contributed by atoms with Crippen LogP contribution in [-0.4, -0.2) is 7.11 Å². The molecule has 0 saturated carbocycles. The molecule has 0 bridgehead atoms. The van der Waals surface area contributed by atoms with Crippen molar-refractivity contribution in [2.45, 2.75) is 18.9 Å². The zero-order chi connectivity index (χ0) is 13.7. The highest BCUT2D eigenvalue weighted by molar-refractivity contribution is 9.08. The third-order valence-electron chi connectivity index (χ3n) is 2.90. The van der Waals surface area contributed by atoms with Gasteiger partial charge in [0.1, 0.15) is 11.5 Å². The largest absolute Gasteiger partial charge is 0.457 e. The van der Waals surface area contributed by atoms with E-state index in [0.29, 0.717) is 6.61 Å². The molecule has 0 heterocycles. The summed E-state index contributed by atoms with van der Waals surface area (Å²) in [6, 6.07) is 14.1. The SMILES string of the molecule is COCc1cccc(Oc2ccc(CBr)c(C)c2)c1. The van der Waals surface area contributed by atoms with Gasteiger partial charge in [-0.05, 0) is 47.9 Å². The van der Waals surface area contributed by atoms with Crippen LogP contribution in [0.4, 0.5) is 0 Å². The summed E-state index contributed by atoms with van der Waals surface area (Å²) in [5.74, 6) is 1.69. The number of hydrogen-bond acceptors (Lipinski definition) is 2. The zero-order valence-corrected chi connectivity index (χ0v) is 12.7. The van der Waals surface area contributed by atoms with Crippen molar-refractivity contribution in [1.82, 2.24) is 0 Å². The molecule has 2 nitrogen and oxygen atoms in total.